The first kappa shape index (κ1) is 16.8. The summed E-state index contributed by atoms with van der Waals surface area (Å²) in [6.07, 6.45) is 3.75. The van der Waals surface area contributed by atoms with Crippen molar-refractivity contribution >= 4 is 23.5 Å². The fourth-order valence-electron chi connectivity index (χ4n) is 2.67. The quantitative estimate of drug-likeness (QED) is 0.818. The van der Waals surface area contributed by atoms with Crippen LogP contribution in [0, 0.1) is 0 Å². The number of thioether (sulfide) groups is 1. The summed E-state index contributed by atoms with van der Waals surface area (Å²) >= 11 is 1.41. The third-order valence-corrected chi connectivity index (χ3v) is 4.91. The Kier molecular flexibility index (Phi) is 6.07. The molecule has 0 unspecified atom stereocenters. The molecule has 1 amide bonds. The van der Waals surface area contributed by atoms with E-state index >= 15 is 0 Å². The lowest BCUT2D eigenvalue weighted by Crippen LogP contribution is -2.30. The number of carbonyl (C=O) groups excluding carboxylic acids is 1. The van der Waals surface area contributed by atoms with Crippen molar-refractivity contribution in [3.63, 3.8) is 0 Å². The minimum atomic E-state index is 0.00533. The zero-order valence-electron chi connectivity index (χ0n) is 13.6. The Labute approximate surface area is 146 Å². The second-order valence-corrected chi connectivity index (χ2v) is 6.82. The van der Waals surface area contributed by atoms with Crippen LogP contribution in [0.25, 0.3) is 0 Å². The lowest BCUT2D eigenvalue weighted by molar-refractivity contribution is -0.118. The summed E-state index contributed by atoms with van der Waals surface area (Å²) in [4.78, 5) is 14.2. The highest BCUT2D eigenvalue weighted by Crippen LogP contribution is 2.20. The summed E-state index contributed by atoms with van der Waals surface area (Å²) in [7, 11) is 0. The molecule has 1 N–H and O–H groups in total. The van der Waals surface area contributed by atoms with E-state index in [0.29, 0.717) is 12.3 Å². The Bertz CT molecular complexity index is 642. The van der Waals surface area contributed by atoms with Gasteiger partial charge in [-0.25, -0.2) is 0 Å². The van der Waals surface area contributed by atoms with Crippen molar-refractivity contribution in [1.29, 1.82) is 0 Å². The molecule has 126 valence electrons. The minimum Gasteiger partial charge on any atom is -0.355 e. The number of carbonyl (C=O) groups is 1. The summed E-state index contributed by atoms with van der Waals surface area (Å²) in [6, 6.07) is 13.9. The second kappa shape index (κ2) is 8.68. The molecule has 1 saturated heterocycles. The van der Waals surface area contributed by atoms with Crippen molar-refractivity contribution in [3.8, 4) is 0 Å². The number of amides is 1. The normalized spacial score (nSPS) is 14.4. The highest BCUT2D eigenvalue weighted by atomic mass is 32.2. The second-order valence-electron chi connectivity index (χ2n) is 5.83. The van der Waals surface area contributed by atoms with Crippen LogP contribution in [0.15, 0.2) is 47.5 Å². The van der Waals surface area contributed by atoms with Gasteiger partial charge in [0.2, 0.25) is 5.91 Å². The maximum atomic E-state index is 11.9. The molecule has 5 nitrogen and oxygen atoms in total. The molecule has 6 heteroatoms. The fourth-order valence-corrected chi connectivity index (χ4v) is 3.31. The van der Waals surface area contributed by atoms with Gasteiger partial charge in [0, 0.05) is 19.6 Å². The monoisotopic (exact) mass is 342 g/mol. The van der Waals surface area contributed by atoms with E-state index in [4.69, 9.17) is 0 Å². The number of nitrogens with one attached hydrogen (secondary N) is 1. The van der Waals surface area contributed by atoms with Crippen LogP contribution in [-0.4, -0.2) is 34.9 Å². The van der Waals surface area contributed by atoms with Crippen LogP contribution in [0.3, 0.4) is 0 Å². The molecule has 0 radical (unpaired) electrons. The largest absolute Gasteiger partial charge is 0.355 e. The van der Waals surface area contributed by atoms with E-state index in [1.165, 1.54) is 31.0 Å². The molecule has 3 rings (SSSR count). The van der Waals surface area contributed by atoms with Crippen LogP contribution in [0.1, 0.15) is 24.8 Å². The third kappa shape index (κ3) is 4.96. The van der Waals surface area contributed by atoms with E-state index in [0.717, 1.165) is 29.5 Å². The highest BCUT2D eigenvalue weighted by molar-refractivity contribution is 7.99. The van der Waals surface area contributed by atoms with Gasteiger partial charge in [-0.3, -0.25) is 4.79 Å². The molecule has 1 aromatic carbocycles. The fraction of sp³-hybridized carbons (Fsp3) is 0.389. The first-order chi connectivity index (χ1) is 11.8. The van der Waals surface area contributed by atoms with Gasteiger partial charge in [0.25, 0.3) is 0 Å². The SMILES string of the molecule is O=C(CSc1ccc(N2CCCCC2)nn1)NCc1ccccc1. The van der Waals surface area contributed by atoms with Crippen LogP contribution in [0.5, 0.6) is 0 Å². The molecule has 0 spiro atoms. The number of benzene rings is 1. The third-order valence-electron chi connectivity index (χ3n) is 3.99. The molecule has 2 aromatic rings. The van der Waals surface area contributed by atoms with Crippen molar-refractivity contribution in [2.24, 2.45) is 0 Å². The van der Waals surface area contributed by atoms with E-state index in [1.807, 2.05) is 42.5 Å². The van der Waals surface area contributed by atoms with Gasteiger partial charge in [0.15, 0.2) is 5.82 Å². The standard InChI is InChI=1S/C18H22N4OS/c23-17(19-13-15-7-3-1-4-8-15)14-24-18-10-9-16(20-21-18)22-11-5-2-6-12-22/h1,3-4,7-10H,2,5-6,11-14H2,(H,19,23). The molecule has 24 heavy (non-hydrogen) atoms. The van der Waals surface area contributed by atoms with Gasteiger partial charge in [-0.1, -0.05) is 42.1 Å². The first-order valence-corrected chi connectivity index (χ1v) is 9.32. The summed E-state index contributed by atoms with van der Waals surface area (Å²) < 4.78 is 0. The van der Waals surface area contributed by atoms with Crippen molar-refractivity contribution in [3.05, 3.63) is 48.0 Å². The van der Waals surface area contributed by atoms with Gasteiger partial charge in [-0.05, 0) is 37.0 Å². The molecule has 0 bridgehead atoms. The van der Waals surface area contributed by atoms with Gasteiger partial charge >= 0.3 is 0 Å². The van der Waals surface area contributed by atoms with Crippen LogP contribution in [-0.2, 0) is 11.3 Å². The highest BCUT2D eigenvalue weighted by Gasteiger charge is 2.12. The molecule has 0 atom stereocenters. The number of nitrogens with zero attached hydrogens (tertiary/aromatic N) is 3. The predicted molar refractivity (Wildman–Crippen MR) is 97.1 cm³/mol. The Balaban J connectivity index is 1.43. The average molecular weight is 342 g/mol. The van der Waals surface area contributed by atoms with Gasteiger partial charge in [0.1, 0.15) is 5.03 Å². The summed E-state index contributed by atoms with van der Waals surface area (Å²) in [5.74, 6) is 1.29. The minimum absolute atomic E-state index is 0.00533. The topological polar surface area (TPSA) is 58.1 Å². The molecule has 2 heterocycles. The van der Waals surface area contributed by atoms with Crippen molar-refractivity contribution in [2.45, 2.75) is 30.8 Å². The summed E-state index contributed by atoms with van der Waals surface area (Å²) in [5, 5.41) is 12.2. The molecular formula is C18H22N4OS. The lowest BCUT2D eigenvalue weighted by atomic mass is 10.1. The predicted octanol–water partition coefficient (Wildman–Crippen LogP) is 2.88. The number of anilines is 1. The van der Waals surface area contributed by atoms with Crippen LogP contribution < -0.4 is 10.2 Å². The molecular weight excluding hydrogens is 320 g/mol. The van der Waals surface area contributed by atoms with Crippen molar-refractivity contribution in [2.75, 3.05) is 23.7 Å². The Morgan fingerprint density at radius 1 is 1.04 bits per heavy atom. The van der Waals surface area contributed by atoms with Crippen molar-refractivity contribution < 1.29 is 4.79 Å². The van der Waals surface area contributed by atoms with Gasteiger partial charge in [-0.2, -0.15) is 0 Å². The number of rotatable bonds is 6. The Morgan fingerprint density at radius 2 is 1.83 bits per heavy atom. The molecule has 1 aliphatic rings. The smallest absolute Gasteiger partial charge is 0.230 e. The lowest BCUT2D eigenvalue weighted by Gasteiger charge is -2.27. The summed E-state index contributed by atoms with van der Waals surface area (Å²) in [5.41, 5.74) is 1.10. The van der Waals surface area contributed by atoms with Gasteiger partial charge < -0.3 is 10.2 Å². The number of piperidine rings is 1. The van der Waals surface area contributed by atoms with E-state index in [2.05, 4.69) is 20.4 Å². The number of hydrogen-bond donors (Lipinski definition) is 1. The number of hydrogen-bond acceptors (Lipinski definition) is 5. The van der Waals surface area contributed by atoms with E-state index in [1.54, 1.807) is 0 Å². The van der Waals surface area contributed by atoms with Crippen LogP contribution in [0.2, 0.25) is 0 Å². The average Bonchev–Trinajstić information content (AvgIpc) is 2.67. The first-order valence-electron chi connectivity index (χ1n) is 8.33. The van der Waals surface area contributed by atoms with E-state index < -0.39 is 0 Å². The van der Waals surface area contributed by atoms with E-state index in [-0.39, 0.29) is 5.91 Å². The zero-order valence-corrected chi connectivity index (χ0v) is 14.5. The number of aromatic nitrogens is 2. The van der Waals surface area contributed by atoms with E-state index in [9.17, 15) is 4.79 Å². The van der Waals surface area contributed by atoms with Crippen LogP contribution >= 0.6 is 11.8 Å². The molecule has 1 aliphatic heterocycles. The maximum absolute atomic E-state index is 11.9. The van der Waals surface area contributed by atoms with Gasteiger partial charge in [0.05, 0.1) is 5.75 Å². The molecule has 1 fully saturated rings. The zero-order chi connectivity index (χ0) is 16.6. The maximum Gasteiger partial charge on any atom is 0.230 e. The molecule has 0 saturated carbocycles. The van der Waals surface area contributed by atoms with Gasteiger partial charge in [-0.15, -0.1) is 10.2 Å². The molecule has 1 aromatic heterocycles. The summed E-state index contributed by atoms with van der Waals surface area (Å²) in [6.45, 7) is 2.67. The van der Waals surface area contributed by atoms with Crippen molar-refractivity contribution in [1.82, 2.24) is 15.5 Å². The Hall–Kier alpha value is -2.08. The van der Waals surface area contributed by atoms with Crippen LogP contribution in [0.4, 0.5) is 5.82 Å². The molecule has 0 aliphatic carbocycles. The Morgan fingerprint density at radius 3 is 2.54 bits per heavy atom.